The lowest BCUT2D eigenvalue weighted by atomic mass is 10.1. The monoisotopic (exact) mass is 461 g/mol. The van der Waals surface area contributed by atoms with Crippen molar-refractivity contribution in [3.63, 3.8) is 0 Å². The quantitative estimate of drug-likeness (QED) is 0.253. The zero-order valence-corrected chi connectivity index (χ0v) is 18.8. The first-order valence-electron chi connectivity index (χ1n) is 9.96. The molecule has 0 saturated carbocycles. The van der Waals surface area contributed by atoms with Crippen molar-refractivity contribution in [1.29, 1.82) is 0 Å². The molecule has 160 valence electrons. The summed E-state index contributed by atoms with van der Waals surface area (Å²) < 4.78 is 8.42. The third-order valence-electron chi connectivity index (χ3n) is 5.29. The number of amides is 1. The molecule has 7 nitrogen and oxygen atoms in total. The second kappa shape index (κ2) is 8.18. The van der Waals surface area contributed by atoms with Gasteiger partial charge in [0.25, 0.3) is 5.91 Å². The molecule has 2 aromatic carbocycles. The summed E-state index contributed by atoms with van der Waals surface area (Å²) in [6, 6.07) is 12.0. The van der Waals surface area contributed by atoms with E-state index < -0.39 is 0 Å². The van der Waals surface area contributed by atoms with Gasteiger partial charge in [0.15, 0.2) is 15.7 Å². The number of benzene rings is 2. The molecule has 2 N–H and O–H groups in total. The molecule has 0 aliphatic rings. The Morgan fingerprint density at radius 2 is 2.16 bits per heavy atom. The van der Waals surface area contributed by atoms with Crippen molar-refractivity contribution < 1.29 is 9.21 Å². The Balaban J connectivity index is 1.39. The summed E-state index contributed by atoms with van der Waals surface area (Å²) >= 11 is 6.61. The minimum Gasteiger partial charge on any atom is -0.450 e. The number of carbonyl (C=O) groups excluding carboxylic acids is 1. The van der Waals surface area contributed by atoms with Crippen molar-refractivity contribution in [3.8, 4) is 0 Å². The highest BCUT2D eigenvalue weighted by Crippen LogP contribution is 2.32. The van der Waals surface area contributed by atoms with E-state index in [-0.39, 0.29) is 5.91 Å². The lowest BCUT2D eigenvalue weighted by Crippen LogP contribution is -2.12. The molecule has 0 atom stereocenters. The maximum atomic E-state index is 13.0. The first-order valence-corrected chi connectivity index (χ1v) is 11.3. The van der Waals surface area contributed by atoms with Crippen LogP contribution in [-0.4, -0.2) is 25.7 Å². The minimum absolute atomic E-state index is 0.292. The summed E-state index contributed by atoms with van der Waals surface area (Å²) in [5.41, 5.74) is 2.31. The van der Waals surface area contributed by atoms with Crippen LogP contribution in [0.2, 0.25) is 0 Å². The van der Waals surface area contributed by atoms with E-state index in [4.69, 9.17) is 16.6 Å². The average Bonchev–Trinajstić information content (AvgIpc) is 3.48. The van der Waals surface area contributed by atoms with Gasteiger partial charge in [-0.25, -0.2) is 4.98 Å². The highest BCUT2D eigenvalue weighted by atomic mass is 32.1. The molecule has 0 spiro atoms. The molecule has 0 fully saturated rings. The van der Waals surface area contributed by atoms with Gasteiger partial charge in [0.2, 0.25) is 0 Å². The number of aryl methyl sites for hydroxylation is 1. The third kappa shape index (κ3) is 3.55. The predicted molar refractivity (Wildman–Crippen MR) is 129 cm³/mol. The molecule has 3 heterocycles. The summed E-state index contributed by atoms with van der Waals surface area (Å²) in [5.74, 6) is 0.732. The molecule has 0 radical (unpaired) electrons. The Bertz CT molecular complexity index is 1540. The molecule has 1 amide bonds. The van der Waals surface area contributed by atoms with Gasteiger partial charge in [-0.1, -0.05) is 42.5 Å². The molecule has 0 aliphatic carbocycles. The topological polar surface area (TPSA) is 88.7 Å². The Hall–Kier alpha value is -3.56. The number of aromatic amines is 1. The number of allylic oxidation sites excluding steroid dienone is 1. The van der Waals surface area contributed by atoms with Gasteiger partial charge >= 0.3 is 0 Å². The van der Waals surface area contributed by atoms with Crippen molar-refractivity contribution in [2.45, 2.75) is 19.9 Å². The van der Waals surface area contributed by atoms with Crippen LogP contribution in [0.3, 0.4) is 0 Å². The summed E-state index contributed by atoms with van der Waals surface area (Å²) in [6.45, 7) is 6.21. The number of hydrogen-bond donors (Lipinski definition) is 2. The van der Waals surface area contributed by atoms with Gasteiger partial charge in [-0.15, -0.1) is 17.9 Å². The highest BCUT2D eigenvalue weighted by molar-refractivity contribution is 7.71. The van der Waals surface area contributed by atoms with Crippen LogP contribution < -0.4 is 5.32 Å². The van der Waals surface area contributed by atoms with Crippen LogP contribution in [0.15, 0.2) is 58.9 Å². The van der Waals surface area contributed by atoms with Crippen LogP contribution in [0.25, 0.3) is 21.7 Å². The molecule has 9 heteroatoms. The van der Waals surface area contributed by atoms with Gasteiger partial charge in [-0.2, -0.15) is 5.10 Å². The standard InChI is InChI=1S/C23H19N5O2S2/c1-3-10-28-18(26-27-23(28)31)11-15-12-32-22(24-15)25-21(29)19-13(2)16-9-8-14-6-4-5-7-17(14)20(16)30-19/h3-9,12H,1,10-11H2,2H3,(H,27,31)(H,24,25,29). The molecule has 5 aromatic rings. The Morgan fingerprint density at radius 3 is 3.00 bits per heavy atom. The van der Waals surface area contributed by atoms with Gasteiger partial charge in [-0.3, -0.25) is 19.8 Å². The molecule has 0 aliphatic heterocycles. The Kier molecular flexibility index (Phi) is 5.20. The SMILES string of the molecule is C=CCn1c(Cc2csc(NC(=O)c3oc4c(ccc5ccccc54)c3C)n2)n[nH]c1=S. The number of nitrogens with one attached hydrogen (secondary N) is 2. The van der Waals surface area contributed by atoms with Crippen LogP contribution in [0, 0.1) is 11.7 Å². The first kappa shape index (κ1) is 20.3. The van der Waals surface area contributed by atoms with Crippen LogP contribution in [0.5, 0.6) is 0 Å². The number of nitrogens with zero attached hydrogens (tertiary/aromatic N) is 3. The van der Waals surface area contributed by atoms with E-state index in [2.05, 4.69) is 27.1 Å². The number of fused-ring (bicyclic) bond motifs is 3. The lowest BCUT2D eigenvalue weighted by Gasteiger charge is -2.02. The zero-order chi connectivity index (χ0) is 22.2. The van der Waals surface area contributed by atoms with Crippen LogP contribution >= 0.6 is 23.6 Å². The van der Waals surface area contributed by atoms with Crippen LogP contribution in [0.1, 0.15) is 27.6 Å². The smallest absolute Gasteiger partial charge is 0.293 e. The number of thiazole rings is 1. The maximum absolute atomic E-state index is 13.0. The van der Waals surface area contributed by atoms with Crippen molar-refractivity contribution in [1.82, 2.24) is 19.7 Å². The number of anilines is 1. The fraction of sp³-hybridized carbons (Fsp3) is 0.130. The van der Waals surface area contributed by atoms with E-state index in [1.807, 2.05) is 53.3 Å². The number of aromatic nitrogens is 4. The van der Waals surface area contributed by atoms with E-state index in [9.17, 15) is 4.79 Å². The normalized spacial score (nSPS) is 11.3. The molecular formula is C23H19N5O2S2. The first-order chi connectivity index (χ1) is 15.5. The molecule has 32 heavy (non-hydrogen) atoms. The number of carbonyl (C=O) groups is 1. The second-order valence-corrected chi connectivity index (χ2v) is 8.58. The van der Waals surface area contributed by atoms with Gasteiger partial charge in [0, 0.05) is 28.3 Å². The second-order valence-electron chi connectivity index (χ2n) is 7.34. The minimum atomic E-state index is -0.321. The van der Waals surface area contributed by atoms with Crippen molar-refractivity contribution in [3.05, 3.63) is 82.0 Å². The fourth-order valence-electron chi connectivity index (χ4n) is 3.73. The van der Waals surface area contributed by atoms with E-state index in [0.717, 1.165) is 38.8 Å². The van der Waals surface area contributed by atoms with Crippen molar-refractivity contribution in [2.75, 3.05) is 5.32 Å². The maximum Gasteiger partial charge on any atom is 0.293 e. The van der Waals surface area contributed by atoms with Crippen molar-refractivity contribution >= 4 is 56.3 Å². The predicted octanol–water partition coefficient (Wildman–Crippen LogP) is 5.63. The molecule has 0 saturated heterocycles. The number of H-pyrrole nitrogens is 1. The number of furan rings is 1. The average molecular weight is 462 g/mol. The molecule has 3 aromatic heterocycles. The Morgan fingerprint density at radius 1 is 1.31 bits per heavy atom. The van der Waals surface area contributed by atoms with Crippen LogP contribution in [-0.2, 0) is 13.0 Å². The molecular weight excluding hydrogens is 442 g/mol. The zero-order valence-electron chi connectivity index (χ0n) is 17.2. The summed E-state index contributed by atoms with van der Waals surface area (Å²) in [6.07, 6.45) is 2.25. The van der Waals surface area contributed by atoms with E-state index in [1.165, 1.54) is 11.3 Å². The van der Waals surface area contributed by atoms with Crippen molar-refractivity contribution in [2.24, 2.45) is 0 Å². The van der Waals surface area contributed by atoms with Gasteiger partial charge in [-0.05, 0) is 24.5 Å². The van der Waals surface area contributed by atoms with E-state index in [0.29, 0.717) is 28.6 Å². The molecule has 0 unspecified atom stereocenters. The molecule has 5 rings (SSSR count). The van der Waals surface area contributed by atoms with Gasteiger partial charge in [0.05, 0.1) is 12.1 Å². The number of hydrogen-bond acceptors (Lipinski definition) is 6. The highest BCUT2D eigenvalue weighted by Gasteiger charge is 2.20. The van der Waals surface area contributed by atoms with E-state index in [1.54, 1.807) is 6.08 Å². The van der Waals surface area contributed by atoms with Crippen LogP contribution in [0.4, 0.5) is 5.13 Å². The Labute approximate surface area is 192 Å². The largest absolute Gasteiger partial charge is 0.450 e. The summed E-state index contributed by atoms with van der Waals surface area (Å²) in [7, 11) is 0. The number of rotatable bonds is 6. The fourth-order valence-corrected chi connectivity index (χ4v) is 4.66. The molecule has 0 bridgehead atoms. The van der Waals surface area contributed by atoms with E-state index >= 15 is 0 Å². The third-order valence-corrected chi connectivity index (χ3v) is 6.41. The lowest BCUT2D eigenvalue weighted by molar-refractivity contribution is 0.0998. The van der Waals surface area contributed by atoms with Gasteiger partial charge in [0.1, 0.15) is 11.4 Å². The summed E-state index contributed by atoms with van der Waals surface area (Å²) in [5, 5.41) is 15.3. The van der Waals surface area contributed by atoms with Gasteiger partial charge < -0.3 is 4.42 Å². The summed E-state index contributed by atoms with van der Waals surface area (Å²) in [4.78, 5) is 17.5.